The van der Waals surface area contributed by atoms with Crippen molar-refractivity contribution in [3.05, 3.63) is 0 Å². The van der Waals surface area contributed by atoms with Gasteiger partial charge in [0.05, 0.1) is 6.04 Å². The molecular formula is C13H25N3O. The van der Waals surface area contributed by atoms with E-state index in [4.69, 9.17) is 5.73 Å². The van der Waals surface area contributed by atoms with Crippen LogP contribution in [0.3, 0.4) is 0 Å². The van der Waals surface area contributed by atoms with E-state index in [1.807, 2.05) is 0 Å². The fourth-order valence-corrected chi connectivity index (χ4v) is 2.77. The lowest BCUT2D eigenvalue weighted by Crippen LogP contribution is -2.47. The largest absolute Gasteiger partial charge is 0.338 e. The maximum absolute atomic E-state index is 12.1. The lowest BCUT2D eigenvalue weighted by atomic mass is 9.97. The number of nitrogens with two attached hydrogens (primary N) is 1. The van der Waals surface area contributed by atoms with E-state index in [0.717, 1.165) is 13.1 Å². The van der Waals surface area contributed by atoms with Crippen LogP contribution < -0.4 is 5.73 Å². The second-order valence-corrected chi connectivity index (χ2v) is 5.78. The number of carbonyl (C=O) groups is 1. The molecule has 2 N–H and O–H groups in total. The molecule has 0 radical (unpaired) electrons. The van der Waals surface area contributed by atoms with E-state index in [9.17, 15) is 4.79 Å². The highest BCUT2D eigenvalue weighted by molar-refractivity contribution is 5.81. The summed E-state index contributed by atoms with van der Waals surface area (Å²) in [5, 5.41) is 0. The van der Waals surface area contributed by atoms with Crippen molar-refractivity contribution in [1.82, 2.24) is 9.80 Å². The smallest absolute Gasteiger partial charge is 0.239 e. The molecule has 2 fully saturated rings. The maximum Gasteiger partial charge on any atom is 0.239 e. The molecular weight excluding hydrogens is 214 g/mol. The number of carbonyl (C=O) groups excluding carboxylic acids is 1. The van der Waals surface area contributed by atoms with Crippen molar-refractivity contribution >= 4 is 5.91 Å². The van der Waals surface area contributed by atoms with Crippen LogP contribution in [0, 0.1) is 5.92 Å². The fraction of sp³-hybridized carbons (Fsp3) is 0.923. The van der Waals surface area contributed by atoms with Gasteiger partial charge in [-0.3, -0.25) is 4.79 Å². The van der Waals surface area contributed by atoms with Gasteiger partial charge in [-0.05, 0) is 52.1 Å². The van der Waals surface area contributed by atoms with Gasteiger partial charge in [-0.2, -0.15) is 0 Å². The van der Waals surface area contributed by atoms with Crippen molar-refractivity contribution < 1.29 is 4.79 Å². The molecule has 2 aliphatic rings. The van der Waals surface area contributed by atoms with Crippen LogP contribution in [-0.2, 0) is 4.79 Å². The zero-order valence-corrected chi connectivity index (χ0v) is 11.1. The molecule has 0 unspecified atom stereocenters. The van der Waals surface area contributed by atoms with E-state index in [1.54, 1.807) is 6.92 Å². The lowest BCUT2D eigenvalue weighted by molar-refractivity contribution is -0.133. The van der Waals surface area contributed by atoms with Gasteiger partial charge >= 0.3 is 0 Å². The van der Waals surface area contributed by atoms with Crippen LogP contribution in [0.2, 0.25) is 0 Å². The molecule has 4 nitrogen and oxygen atoms in total. The highest BCUT2D eigenvalue weighted by Gasteiger charge is 2.35. The molecule has 0 spiro atoms. The van der Waals surface area contributed by atoms with Gasteiger partial charge in [-0.1, -0.05) is 0 Å². The summed E-state index contributed by atoms with van der Waals surface area (Å²) in [5.41, 5.74) is 5.73. The van der Waals surface area contributed by atoms with Gasteiger partial charge in [-0.25, -0.2) is 0 Å². The molecule has 1 saturated heterocycles. The van der Waals surface area contributed by atoms with Crippen molar-refractivity contribution in [3.8, 4) is 0 Å². The number of rotatable bonds is 4. The molecule has 98 valence electrons. The van der Waals surface area contributed by atoms with E-state index in [-0.39, 0.29) is 11.9 Å². The van der Waals surface area contributed by atoms with E-state index in [2.05, 4.69) is 16.8 Å². The quantitative estimate of drug-likeness (QED) is 0.784. The highest BCUT2D eigenvalue weighted by atomic mass is 16.2. The normalized spacial score (nSPS) is 27.8. The van der Waals surface area contributed by atoms with Gasteiger partial charge in [0.25, 0.3) is 0 Å². The summed E-state index contributed by atoms with van der Waals surface area (Å²) in [7, 11) is 2.17. The molecule has 1 heterocycles. The predicted octanol–water partition coefficient (Wildman–Crippen LogP) is 0.666. The molecule has 1 aliphatic carbocycles. The van der Waals surface area contributed by atoms with E-state index < -0.39 is 0 Å². The first-order valence-electron chi connectivity index (χ1n) is 6.82. The van der Waals surface area contributed by atoms with Crippen molar-refractivity contribution in [2.24, 2.45) is 11.7 Å². The minimum atomic E-state index is -0.350. The van der Waals surface area contributed by atoms with E-state index >= 15 is 0 Å². The Morgan fingerprint density at radius 3 is 2.71 bits per heavy atom. The number of likely N-dealkylation sites (tertiary alicyclic amines) is 1. The third-order valence-corrected chi connectivity index (χ3v) is 3.84. The summed E-state index contributed by atoms with van der Waals surface area (Å²) in [4.78, 5) is 16.5. The van der Waals surface area contributed by atoms with Crippen LogP contribution in [0.15, 0.2) is 0 Å². The zero-order valence-electron chi connectivity index (χ0n) is 11.1. The molecule has 1 aliphatic heterocycles. The Hall–Kier alpha value is -0.610. The van der Waals surface area contributed by atoms with Crippen LogP contribution in [-0.4, -0.2) is 54.5 Å². The van der Waals surface area contributed by atoms with Crippen LogP contribution in [0.5, 0.6) is 0 Å². The van der Waals surface area contributed by atoms with Gasteiger partial charge in [0.1, 0.15) is 0 Å². The zero-order chi connectivity index (χ0) is 12.4. The Labute approximate surface area is 104 Å². The first kappa shape index (κ1) is 12.8. The van der Waals surface area contributed by atoms with Crippen LogP contribution >= 0.6 is 0 Å². The van der Waals surface area contributed by atoms with Gasteiger partial charge in [0.15, 0.2) is 0 Å². The molecule has 4 heteroatoms. The summed E-state index contributed by atoms with van der Waals surface area (Å²) >= 11 is 0. The first-order valence-corrected chi connectivity index (χ1v) is 6.82. The second-order valence-electron chi connectivity index (χ2n) is 5.78. The summed E-state index contributed by atoms with van der Waals surface area (Å²) in [6, 6.07) is 0.137. The molecule has 17 heavy (non-hydrogen) atoms. The highest BCUT2D eigenvalue weighted by Crippen LogP contribution is 2.29. The Kier molecular flexibility index (Phi) is 4.05. The Bertz CT molecular complexity index is 276. The van der Waals surface area contributed by atoms with Crippen molar-refractivity contribution in [2.75, 3.05) is 26.7 Å². The minimum absolute atomic E-state index is 0.140. The standard InChI is InChI=1S/C13H25N3O/c1-10(14)13(17)16(12-5-6-12)9-11-4-3-7-15(2)8-11/h10-12H,3-9,14H2,1-2H3/t10-,11-/m0/s1. The van der Waals surface area contributed by atoms with Gasteiger partial charge < -0.3 is 15.5 Å². The molecule has 1 saturated carbocycles. The summed E-state index contributed by atoms with van der Waals surface area (Å²) in [6.07, 6.45) is 4.84. The molecule has 0 aromatic heterocycles. The molecule has 2 rings (SSSR count). The average Bonchev–Trinajstić information content (AvgIpc) is 3.09. The molecule has 0 bridgehead atoms. The maximum atomic E-state index is 12.1. The molecule has 0 aromatic rings. The summed E-state index contributed by atoms with van der Waals surface area (Å²) in [5.74, 6) is 0.776. The van der Waals surface area contributed by atoms with E-state index in [1.165, 1.54) is 32.2 Å². The molecule has 1 amide bonds. The fourth-order valence-electron chi connectivity index (χ4n) is 2.77. The minimum Gasteiger partial charge on any atom is -0.338 e. The Balaban J connectivity index is 1.90. The summed E-state index contributed by atoms with van der Waals surface area (Å²) in [6.45, 7) is 5.02. The van der Waals surface area contributed by atoms with Crippen molar-refractivity contribution in [2.45, 2.75) is 44.7 Å². The number of nitrogens with zero attached hydrogens (tertiary/aromatic N) is 2. The van der Waals surface area contributed by atoms with Gasteiger partial charge in [0, 0.05) is 19.1 Å². The number of piperidine rings is 1. The van der Waals surface area contributed by atoms with E-state index in [0.29, 0.717) is 12.0 Å². The van der Waals surface area contributed by atoms with Crippen LogP contribution in [0.25, 0.3) is 0 Å². The SMILES string of the molecule is C[C@H](N)C(=O)N(C[C@H]1CCCN(C)C1)C1CC1. The van der Waals surface area contributed by atoms with Gasteiger partial charge in [-0.15, -0.1) is 0 Å². The predicted molar refractivity (Wildman–Crippen MR) is 68.6 cm³/mol. The average molecular weight is 239 g/mol. The number of hydrogen-bond acceptors (Lipinski definition) is 3. The Morgan fingerprint density at radius 2 is 2.18 bits per heavy atom. The lowest BCUT2D eigenvalue weighted by Gasteiger charge is -2.34. The molecule has 0 aromatic carbocycles. The van der Waals surface area contributed by atoms with Crippen molar-refractivity contribution in [3.63, 3.8) is 0 Å². The van der Waals surface area contributed by atoms with Crippen LogP contribution in [0.1, 0.15) is 32.6 Å². The first-order chi connectivity index (χ1) is 8.08. The van der Waals surface area contributed by atoms with Crippen LogP contribution in [0.4, 0.5) is 0 Å². The number of amides is 1. The monoisotopic (exact) mass is 239 g/mol. The third kappa shape index (κ3) is 3.42. The topological polar surface area (TPSA) is 49.6 Å². The molecule has 2 atom stereocenters. The van der Waals surface area contributed by atoms with Gasteiger partial charge in [0.2, 0.25) is 5.91 Å². The third-order valence-electron chi connectivity index (χ3n) is 3.84. The summed E-state index contributed by atoms with van der Waals surface area (Å²) < 4.78 is 0. The Morgan fingerprint density at radius 1 is 1.47 bits per heavy atom. The number of hydrogen-bond donors (Lipinski definition) is 1. The van der Waals surface area contributed by atoms with Crippen molar-refractivity contribution in [1.29, 1.82) is 0 Å². The second kappa shape index (κ2) is 5.36.